The molecule has 2 heterocycles. The number of anilines is 2. The maximum absolute atomic E-state index is 12.8. The third kappa shape index (κ3) is 10.00. The van der Waals surface area contributed by atoms with Crippen molar-refractivity contribution in [1.29, 1.82) is 0 Å². The number of alkyl halides is 3. The number of thioether (sulfide) groups is 1. The third-order valence-corrected chi connectivity index (χ3v) is 8.94. The largest absolute Gasteiger partial charge is 0.446 e. The number of carbonyl (C=O) groups excluding carboxylic acids is 1. The molecule has 5 nitrogen and oxygen atoms in total. The molecule has 0 bridgehead atoms. The Kier molecular flexibility index (Phi) is 11.7. The van der Waals surface area contributed by atoms with Crippen molar-refractivity contribution in [2.75, 3.05) is 56.0 Å². The fourth-order valence-electron chi connectivity index (χ4n) is 5.32. The van der Waals surface area contributed by atoms with E-state index in [-0.39, 0.29) is 46.5 Å². The molecule has 0 unspecified atom stereocenters. The quantitative estimate of drug-likeness (QED) is 0.307. The number of piperazine rings is 1. The van der Waals surface area contributed by atoms with Gasteiger partial charge >= 0.3 is 5.51 Å². The van der Waals surface area contributed by atoms with Crippen molar-refractivity contribution in [3.63, 3.8) is 0 Å². The van der Waals surface area contributed by atoms with Crippen LogP contribution < -0.4 is 10.2 Å². The van der Waals surface area contributed by atoms with Gasteiger partial charge in [-0.15, -0.1) is 0 Å². The van der Waals surface area contributed by atoms with Crippen LogP contribution in [0.4, 0.5) is 24.5 Å². The van der Waals surface area contributed by atoms with Crippen LogP contribution in [0.5, 0.6) is 0 Å². The van der Waals surface area contributed by atoms with Gasteiger partial charge in [0.15, 0.2) is 0 Å². The van der Waals surface area contributed by atoms with Gasteiger partial charge in [0, 0.05) is 68.0 Å². The second kappa shape index (κ2) is 14.4. The molecule has 2 fully saturated rings. The Morgan fingerprint density at radius 3 is 2.20 bits per heavy atom. The molecule has 10 heteroatoms. The molecule has 2 saturated heterocycles. The van der Waals surface area contributed by atoms with Gasteiger partial charge in [-0.3, -0.25) is 9.69 Å². The SMILES string of the molecule is C.CC(C)(C)c1ccc(N2CCN(CCCC(=O)N3CCC(Nc4ccc(Cl)c(SC(F)(F)F)c4)CC3)CC2)cc1. The summed E-state index contributed by atoms with van der Waals surface area (Å²) in [6.45, 7) is 12.9. The van der Waals surface area contributed by atoms with Gasteiger partial charge in [0.1, 0.15) is 0 Å². The number of hydrogen-bond acceptors (Lipinski definition) is 5. The van der Waals surface area contributed by atoms with Crippen LogP contribution >= 0.6 is 23.4 Å². The highest BCUT2D eigenvalue weighted by Crippen LogP contribution is 2.41. The van der Waals surface area contributed by atoms with Crippen LogP contribution in [0, 0.1) is 0 Å². The molecule has 0 saturated carbocycles. The molecule has 4 rings (SSSR count). The molecule has 1 amide bonds. The molecule has 2 aliphatic heterocycles. The maximum atomic E-state index is 12.8. The number of halogens is 4. The molecule has 2 aromatic carbocycles. The van der Waals surface area contributed by atoms with Crippen molar-refractivity contribution in [2.45, 2.75) is 75.7 Å². The number of benzene rings is 2. The molecule has 228 valence electrons. The number of nitrogens with one attached hydrogen (secondary N) is 1. The topological polar surface area (TPSA) is 38.8 Å². The van der Waals surface area contributed by atoms with Crippen molar-refractivity contribution in [2.24, 2.45) is 0 Å². The monoisotopic (exact) mass is 612 g/mol. The molecule has 2 aromatic rings. The lowest BCUT2D eigenvalue weighted by Gasteiger charge is -2.36. The van der Waals surface area contributed by atoms with Crippen LogP contribution in [-0.2, 0) is 10.2 Å². The summed E-state index contributed by atoms with van der Waals surface area (Å²) < 4.78 is 38.4. The van der Waals surface area contributed by atoms with E-state index < -0.39 is 5.51 Å². The average Bonchev–Trinajstić information content (AvgIpc) is 2.90. The number of piperidine rings is 1. The molecule has 41 heavy (non-hydrogen) atoms. The van der Waals surface area contributed by atoms with Crippen molar-refractivity contribution in [3.8, 4) is 0 Å². The Hall–Kier alpha value is -2.10. The number of likely N-dealkylation sites (tertiary alicyclic amines) is 1. The van der Waals surface area contributed by atoms with Crippen LogP contribution in [0.3, 0.4) is 0 Å². The minimum atomic E-state index is -4.39. The summed E-state index contributed by atoms with van der Waals surface area (Å²) in [6.07, 6.45) is 2.91. The molecular weight excluding hydrogens is 569 g/mol. The first-order valence-electron chi connectivity index (χ1n) is 14.0. The van der Waals surface area contributed by atoms with Crippen molar-refractivity contribution >= 4 is 40.6 Å². The highest BCUT2D eigenvalue weighted by atomic mass is 35.5. The van der Waals surface area contributed by atoms with E-state index in [1.807, 2.05) is 4.90 Å². The lowest BCUT2D eigenvalue weighted by atomic mass is 9.87. The Morgan fingerprint density at radius 2 is 1.61 bits per heavy atom. The average molecular weight is 613 g/mol. The molecule has 1 N–H and O–H groups in total. The maximum Gasteiger partial charge on any atom is 0.446 e. The van der Waals surface area contributed by atoms with E-state index in [0.717, 1.165) is 52.0 Å². The lowest BCUT2D eigenvalue weighted by molar-refractivity contribution is -0.132. The second-order valence-corrected chi connectivity index (χ2v) is 13.2. The van der Waals surface area contributed by atoms with Gasteiger partial charge in [0.2, 0.25) is 5.91 Å². The highest BCUT2D eigenvalue weighted by molar-refractivity contribution is 8.00. The predicted molar refractivity (Wildman–Crippen MR) is 166 cm³/mol. The van der Waals surface area contributed by atoms with Gasteiger partial charge in [-0.05, 0) is 78.9 Å². The molecule has 0 aliphatic carbocycles. The summed E-state index contributed by atoms with van der Waals surface area (Å²) in [5.41, 5.74) is -0.994. The van der Waals surface area contributed by atoms with Crippen LogP contribution in [0.1, 0.15) is 59.4 Å². The van der Waals surface area contributed by atoms with Gasteiger partial charge < -0.3 is 15.1 Å². The van der Waals surface area contributed by atoms with E-state index >= 15 is 0 Å². The van der Waals surface area contributed by atoms with E-state index in [1.54, 1.807) is 6.07 Å². The van der Waals surface area contributed by atoms with Gasteiger partial charge in [-0.1, -0.05) is 51.9 Å². The predicted octanol–water partition coefficient (Wildman–Crippen LogP) is 7.89. The van der Waals surface area contributed by atoms with Crippen molar-refractivity contribution in [1.82, 2.24) is 9.80 Å². The van der Waals surface area contributed by atoms with Crippen LogP contribution in [0.25, 0.3) is 0 Å². The Morgan fingerprint density at radius 1 is 0.976 bits per heavy atom. The summed E-state index contributed by atoms with van der Waals surface area (Å²) in [5, 5.41) is 3.40. The van der Waals surface area contributed by atoms with Gasteiger partial charge in [0.05, 0.1) is 5.02 Å². The summed E-state index contributed by atoms with van der Waals surface area (Å²) in [5.74, 6) is 0.186. The van der Waals surface area contributed by atoms with Crippen LogP contribution in [0.15, 0.2) is 47.4 Å². The Bertz CT molecular complexity index is 1120. The van der Waals surface area contributed by atoms with Crippen molar-refractivity contribution in [3.05, 3.63) is 53.1 Å². The number of carbonyl (C=O) groups is 1. The first kappa shape index (κ1) is 33.4. The van der Waals surface area contributed by atoms with E-state index in [0.29, 0.717) is 25.2 Å². The standard InChI is InChI=1S/C30H40ClF3N4OS.CH4/c1-29(2,3)22-6-9-25(10-7-22)37-19-17-36(18-20-37)14-4-5-28(39)38-15-12-23(13-16-38)35-24-8-11-26(31)27(21-24)40-30(32,33)34;/h6-11,21,23,35H,4-5,12-20H2,1-3H3;1H4. The van der Waals surface area contributed by atoms with Crippen LogP contribution in [-0.4, -0.2) is 73.1 Å². The highest BCUT2D eigenvalue weighted by Gasteiger charge is 2.31. The summed E-state index contributed by atoms with van der Waals surface area (Å²) >= 11 is 5.74. The smallest absolute Gasteiger partial charge is 0.382 e. The second-order valence-electron chi connectivity index (χ2n) is 11.7. The number of amides is 1. The zero-order valence-electron chi connectivity index (χ0n) is 23.6. The zero-order valence-corrected chi connectivity index (χ0v) is 25.1. The Balaban J connectivity index is 0.00000462. The van der Waals surface area contributed by atoms with E-state index in [1.165, 1.54) is 23.4 Å². The van der Waals surface area contributed by atoms with Gasteiger partial charge in [-0.2, -0.15) is 13.2 Å². The molecule has 0 atom stereocenters. The summed E-state index contributed by atoms with van der Waals surface area (Å²) in [4.78, 5) is 19.6. The first-order valence-corrected chi connectivity index (χ1v) is 15.2. The first-order chi connectivity index (χ1) is 18.9. The number of nitrogens with zero attached hydrogens (tertiary/aromatic N) is 3. The minimum Gasteiger partial charge on any atom is -0.382 e. The van der Waals surface area contributed by atoms with E-state index in [9.17, 15) is 18.0 Å². The van der Waals surface area contributed by atoms with Crippen molar-refractivity contribution < 1.29 is 18.0 Å². The normalized spacial score (nSPS) is 17.3. The fourth-order valence-corrected chi connectivity index (χ4v) is 6.15. The molecule has 0 aromatic heterocycles. The van der Waals surface area contributed by atoms with E-state index in [2.05, 4.69) is 60.2 Å². The molecule has 0 spiro atoms. The van der Waals surface area contributed by atoms with E-state index in [4.69, 9.17) is 11.6 Å². The Labute approximate surface area is 252 Å². The van der Waals surface area contributed by atoms with Gasteiger partial charge in [-0.25, -0.2) is 0 Å². The fraction of sp³-hybridized carbons (Fsp3) is 0.581. The zero-order chi connectivity index (χ0) is 28.9. The molecule has 2 aliphatic rings. The molecule has 0 radical (unpaired) electrons. The summed E-state index contributed by atoms with van der Waals surface area (Å²) in [7, 11) is 0. The van der Waals surface area contributed by atoms with Crippen LogP contribution in [0.2, 0.25) is 5.02 Å². The number of rotatable bonds is 8. The number of hydrogen-bond donors (Lipinski definition) is 1. The third-order valence-electron chi connectivity index (χ3n) is 7.71. The minimum absolute atomic E-state index is 0. The summed E-state index contributed by atoms with van der Waals surface area (Å²) in [6, 6.07) is 13.7. The van der Waals surface area contributed by atoms with Gasteiger partial charge in [0.25, 0.3) is 0 Å². The molecular formula is C31H44ClF3N4OS. The lowest BCUT2D eigenvalue weighted by Crippen LogP contribution is -2.47.